The monoisotopic (exact) mass is 266 g/mol. The van der Waals surface area contributed by atoms with Crippen LogP contribution in [-0.2, 0) is 10.8 Å². The van der Waals surface area contributed by atoms with Crippen LogP contribution in [-0.4, -0.2) is 15.7 Å². The Balaban J connectivity index is 1.84. The Morgan fingerprint density at radius 2 is 2.00 bits per heavy atom. The van der Waals surface area contributed by atoms with Gasteiger partial charge in [-0.15, -0.1) is 11.8 Å². The fourth-order valence-electron chi connectivity index (χ4n) is 1.44. The highest BCUT2D eigenvalue weighted by Gasteiger charge is 2.05. The van der Waals surface area contributed by atoms with Gasteiger partial charge in [0.1, 0.15) is 5.76 Å². The highest BCUT2D eigenvalue weighted by atomic mass is 32.2. The minimum Gasteiger partial charge on any atom is -0.468 e. The van der Waals surface area contributed by atoms with Crippen molar-refractivity contribution in [3.05, 3.63) is 48.4 Å². The van der Waals surface area contributed by atoms with Crippen molar-refractivity contribution in [2.24, 2.45) is 0 Å². The molecule has 0 aliphatic carbocycles. The first-order valence-corrected chi connectivity index (χ1v) is 7.68. The molecule has 0 saturated heterocycles. The SMILES string of the molecule is Cc1occc1SCC[S@](=O)c1ccccc1. The van der Waals surface area contributed by atoms with Gasteiger partial charge in [0.15, 0.2) is 0 Å². The van der Waals surface area contributed by atoms with Gasteiger partial charge in [0.2, 0.25) is 0 Å². The van der Waals surface area contributed by atoms with Crippen LogP contribution in [0.4, 0.5) is 0 Å². The van der Waals surface area contributed by atoms with Crippen LogP contribution in [0.1, 0.15) is 5.76 Å². The third kappa shape index (κ3) is 3.48. The van der Waals surface area contributed by atoms with E-state index in [9.17, 15) is 4.21 Å². The number of benzene rings is 1. The highest BCUT2D eigenvalue weighted by Crippen LogP contribution is 2.23. The molecule has 4 heteroatoms. The van der Waals surface area contributed by atoms with Crippen molar-refractivity contribution in [2.75, 3.05) is 11.5 Å². The van der Waals surface area contributed by atoms with Crippen LogP contribution in [0.15, 0.2) is 56.9 Å². The summed E-state index contributed by atoms with van der Waals surface area (Å²) in [4.78, 5) is 2.03. The zero-order chi connectivity index (χ0) is 12.1. The number of hydrogen-bond acceptors (Lipinski definition) is 3. The topological polar surface area (TPSA) is 30.2 Å². The van der Waals surface area contributed by atoms with Gasteiger partial charge in [-0.05, 0) is 25.1 Å². The minimum atomic E-state index is -0.903. The molecule has 0 amide bonds. The summed E-state index contributed by atoms with van der Waals surface area (Å²) in [6.07, 6.45) is 1.69. The van der Waals surface area contributed by atoms with Crippen LogP contribution in [0.3, 0.4) is 0 Å². The van der Waals surface area contributed by atoms with E-state index in [0.29, 0.717) is 5.75 Å². The van der Waals surface area contributed by atoms with Crippen molar-refractivity contribution in [3.8, 4) is 0 Å². The molecule has 2 nitrogen and oxygen atoms in total. The molecule has 1 heterocycles. The van der Waals surface area contributed by atoms with Gasteiger partial charge in [0, 0.05) is 21.3 Å². The Bertz CT molecular complexity index is 491. The molecular weight excluding hydrogens is 252 g/mol. The molecule has 1 atom stereocenters. The molecule has 0 fully saturated rings. The quantitative estimate of drug-likeness (QED) is 0.776. The van der Waals surface area contributed by atoms with E-state index in [2.05, 4.69) is 0 Å². The van der Waals surface area contributed by atoms with Crippen molar-refractivity contribution in [1.29, 1.82) is 0 Å². The van der Waals surface area contributed by atoms with E-state index in [1.807, 2.05) is 43.3 Å². The van der Waals surface area contributed by atoms with Gasteiger partial charge in [-0.2, -0.15) is 0 Å². The fourth-order valence-corrected chi connectivity index (χ4v) is 3.70. The Kier molecular flexibility index (Phi) is 4.45. The second kappa shape index (κ2) is 6.07. The van der Waals surface area contributed by atoms with Gasteiger partial charge in [-0.1, -0.05) is 18.2 Å². The number of aryl methyl sites for hydroxylation is 1. The molecule has 0 saturated carbocycles. The lowest BCUT2D eigenvalue weighted by molar-refractivity contribution is 0.527. The number of thioether (sulfide) groups is 1. The predicted molar refractivity (Wildman–Crippen MR) is 71.9 cm³/mol. The average molecular weight is 266 g/mol. The molecule has 2 aromatic rings. The summed E-state index contributed by atoms with van der Waals surface area (Å²) in [5.41, 5.74) is 0. The molecule has 0 N–H and O–H groups in total. The summed E-state index contributed by atoms with van der Waals surface area (Å²) in [5.74, 6) is 2.43. The standard InChI is InChI=1S/C13H14O2S2/c1-11-13(7-8-15-11)16-9-10-17(14)12-5-3-2-4-6-12/h2-8H,9-10H2,1H3/t17-/m0/s1. The van der Waals surface area contributed by atoms with Crippen molar-refractivity contribution in [3.63, 3.8) is 0 Å². The number of furan rings is 1. The second-order valence-corrected chi connectivity index (χ2v) is 6.26. The summed E-state index contributed by atoms with van der Waals surface area (Å²) in [6, 6.07) is 11.5. The van der Waals surface area contributed by atoms with E-state index in [1.165, 1.54) is 0 Å². The first-order valence-electron chi connectivity index (χ1n) is 5.37. The molecule has 1 aromatic carbocycles. The molecule has 0 radical (unpaired) electrons. The van der Waals surface area contributed by atoms with Crippen LogP contribution in [0, 0.1) is 6.92 Å². The van der Waals surface area contributed by atoms with Crippen LogP contribution in [0.5, 0.6) is 0 Å². The van der Waals surface area contributed by atoms with Gasteiger partial charge in [0.05, 0.1) is 17.1 Å². The lowest BCUT2D eigenvalue weighted by Crippen LogP contribution is -2.00. The van der Waals surface area contributed by atoms with E-state index in [0.717, 1.165) is 21.3 Å². The zero-order valence-electron chi connectivity index (χ0n) is 9.59. The Morgan fingerprint density at radius 3 is 2.65 bits per heavy atom. The van der Waals surface area contributed by atoms with E-state index >= 15 is 0 Å². The normalized spacial score (nSPS) is 12.5. The molecule has 1 aromatic heterocycles. The average Bonchev–Trinajstić information content (AvgIpc) is 2.76. The van der Waals surface area contributed by atoms with Gasteiger partial charge < -0.3 is 4.42 Å². The van der Waals surface area contributed by atoms with E-state index in [-0.39, 0.29) is 0 Å². The molecule has 17 heavy (non-hydrogen) atoms. The van der Waals surface area contributed by atoms with Crippen LogP contribution in [0.25, 0.3) is 0 Å². The summed E-state index contributed by atoms with van der Waals surface area (Å²) in [6.45, 7) is 1.94. The third-order valence-corrected chi connectivity index (χ3v) is 5.12. The Labute approximate surface area is 108 Å². The first-order chi connectivity index (χ1) is 8.27. The Morgan fingerprint density at radius 1 is 1.24 bits per heavy atom. The highest BCUT2D eigenvalue weighted by molar-refractivity contribution is 8.00. The third-order valence-electron chi connectivity index (χ3n) is 2.34. The lowest BCUT2D eigenvalue weighted by atomic mass is 10.4. The van der Waals surface area contributed by atoms with Crippen molar-refractivity contribution in [1.82, 2.24) is 0 Å². The fraction of sp³-hybridized carbons (Fsp3) is 0.231. The number of hydrogen-bond donors (Lipinski definition) is 0. The minimum absolute atomic E-state index is 0.666. The molecule has 0 unspecified atom stereocenters. The van der Waals surface area contributed by atoms with Crippen molar-refractivity contribution >= 4 is 22.6 Å². The molecule has 2 rings (SSSR count). The van der Waals surface area contributed by atoms with E-state index < -0.39 is 10.8 Å². The van der Waals surface area contributed by atoms with Crippen LogP contribution < -0.4 is 0 Å². The van der Waals surface area contributed by atoms with Gasteiger partial charge in [-0.3, -0.25) is 4.21 Å². The summed E-state index contributed by atoms with van der Waals surface area (Å²) in [5, 5.41) is 0. The van der Waals surface area contributed by atoms with Gasteiger partial charge >= 0.3 is 0 Å². The van der Waals surface area contributed by atoms with Crippen molar-refractivity contribution in [2.45, 2.75) is 16.7 Å². The molecule has 90 valence electrons. The van der Waals surface area contributed by atoms with Crippen LogP contribution >= 0.6 is 11.8 Å². The predicted octanol–water partition coefficient (Wildman–Crippen LogP) is 3.49. The lowest BCUT2D eigenvalue weighted by Gasteiger charge is -2.01. The zero-order valence-corrected chi connectivity index (χ0v) is 11.2. The molecule has 0 bridgehead atoms. The number of rotatable bonds is 5. The molecule has 0 spiro atoms. The second-order valence-electron chi connectivity index (χ2n) is 3.55. The summed E-state index contributed by atoms with van der Waals surface area (Å²) < 4.78 is 17.1. The summed E-state index contributed by atoms with van der Waals surface area (Å²) in [7, 11) is -0.903. The Hall–Kier alpha value is -1.00. The largest absolute Gasteiger partial charge is 0.468 e. The maximum Gasteiger partial charge on any atom is 0.114 e. The van der Waals surface area contributed by atoms with Crippen LogP contribution in [0.2, 0.25) is 0 Å². The summed E-state index contributed by atoms with van der Waals surface area (Å²) >= 11 is 1.69. The van der Waals surface area contributed by atoms with Crippen molar-refractivity contribution < 1.29 is 8.63 Å². The van der Waals surface area contributed by atoms with Gasteiger partial charge in [0.25, 0.3) is 0 Å². The van der Waals surface area contributed by atoms with E-state index in [4.69, 9.17) is 4.42 Å². The molecular formula is C13H14O2S2. The van der Waals surface area contributed by atoms with Gasteiger partial charge in [-0.25, -0.2) is 0 Å². The smallest absolute Gasteiger partial charge is 0.114 e. The maximum atomic E-state index is 11.9. The first kappa shape index (κ1) is 12.5. The molecule has 0 aliphatic rings. The van der Waals surface area contributed by atoms with E-state index in [1.54, 1.807) is 18.0 Å². The maximum absolute atomic E-state index is 11.9. The molecule has 0 aliphatic heterocycles.